The second kappa shape index (κ2) is 9.48. The zero-order valence-corrected chi connectivity index (χ0v) is 17.6. The minimum absolute atomic E-state index is 0.659. The van der Waals surface area contributed by atoms with E-state index in [1.165, 1.54) is 16.7 Å². The predicted octanol–water partition coefficient (Wildman–Crippen LogP) is 3.54. The van der Waals surface area contributed by atoms with E-state index in [0.717, 1.165) is 61.9 Å². The highest BCUT2D eigenvalue weighted by atomic mass is 16.5. The number of rotatable bonds is 7. The van der Waals surface area contributed by atoms with Crippen LogP contribution in [0.3, 0.4) is 0 Å². The number of aliphatic imine (C=N–C) groups is 1. The number of fused-ring (bicyclic) bond motifs is 1. The third-order valence-corrected chi connectivity index (χ3v) is 5.21. The smallest absolute Gasteiger partial charge is 0.226 e. The summed E-state index contributed by atoms with van der Waals surface area (Å²) >= 11 is 0. The fourth-order valence-electron chi connectivity index (χ4n) is 3.50. The molecule has 0 unspecified atom stereocenters. The Morgan fingerprint density at radius 3 is 2.67 bits per heavy atom. The van der Waals surface area contributed by atoms with Crippen molar-refractivity contribution >= 4 is 5.96 Å². The van der Waals surface area contributed by atoms with Crippen LogP contribution >= 0.6 is 0 Å². The first-order chi connectivity index (χ1) is 14.7. The molecule has 156 valence electrons. The maximum Gasteiger partial charge on any atom is 0.226 e. The average Bonchev–Trinajstić information content (AvgIpc) is 3.42. The third kappa shape index (κ3) is 5.00. The number of benzene rings is 2. The molecule has 0 fully saturated rings. The maximum atomic E-state index is 5.63. The largest absolute Gasteiger partial charge is 0.493 e. The SMILES string of the molecule is CN=C(NCCc1ccc2c(c1)CCO2)NCCc1coc(-c2ccc(C)cc2)n1. The van der Waals surface area contributed by atoms with E-state index in [1.54, 1.807) is 13.3 Å². The van der Waals surface area contributed by atoms with Gasteiger partial charge in [0.15, 0.2) is 5.96 Å². The van der Waals surface area contributed by atoms with Crippen LogP contribution in [0.15, 0.2) is 58.1 Å². The molecule has 1 aliphatic heterocycles. The molecule has 0 spiro atoms. The van der Waals surface area contributed by atoms with Gasteiger partial charge in [-0.15, -0.1) is 0 Å². The van der Waals surface area contributed by atoms with Crippen LogP contribution < -0.4 is 15.4 Å². The van der Waals surface area contributed by atoms with Gasteiger partial charge in [0.1, 0.15) is 12.0 Å². The number of guanidine groups is 1. The van der Waals surface area contributed by atoms with Gasteiger partial charge in [0.2, 0.25) is 5.89 Å². The predicted molar refractivity (Wildman–Crippen MR) is 119 cm³/mol. The molecule has 2 N–H and O–H groups in total. The normalized spacial score (nSPS) is 13.1. The van der Waals surface area contributed by atoms with Gasteiger partial charge in [0, 0.05) is 38.5 Å². The summed E-state index contributed by atoms with van der Waals surface area (Å²) in [5.41, 5.74) is 5.77. The van der Waals surface area contributed by atoms with E-state index in [9.17, 15) is 0 Å². The lowest BCUT2D eigenvalue weighted by Crippen LogP contribution is -2.39. The van der Waals surface area contributed by atoms with E-state index in [4.69, 9.17) is 9.15 Å². The van der Waals surface area contributed by atoms with Crippen molar-refractivity contribution < 1.29 is 9.15 Å². The van der Waals surface area contributed by atoms with Gasteiger partial charge in [-0.25, -0.2) is 4.98 Å². The molecule has 4 rings (SSSR count). The van der Waals surface area contributed by atoms with Crippen LogP contribution in [0, 0.1) is 6.92 Å². The molecule has 0 bridgehead atoms. The molecule has 3 aromatic rings. The first kappa shape index (κ1) is 20.0. The fourth-order valence-corrected chi connectivity index (χ4v) is 3.50. The van der Waals surface area contributed by atoms with E-state index < -0.39 is 0 Å². The minimum Gasteiger partial charge on any atom is -0.493 e. The van der Waals surface area contributed by atoms with Crippen molar-refractivity contribution in [2.45, 2.75) is 26.2 Å². The van der Waals surface area contributed by atoms with Crippen molar-refractivity contribution in [1.29, 1.82) is 0 Å². The van der Waals surface area contributed by atoms with E-state index >= 15 is 0 Å². The molecule has 2 aromatic carbocycles. The number of aromatic nitrogens is 1. The summed E-state index contributed by atoms with van der Waals surface area (Å²) in [6.45, 7) is 4.42. The zero-order valence-electron chi connectivity index (χ0n) is 17.6. The molecule has 0 saturated heterocycles. The second-order valence-electron chi connectivity index (χ2n) is 7.48. The quantitative estimate of drug-likeness (QED) is 0.466. The summed E-state index contributed by atoms with van der Waals surface area (Å²) in [5.74, 6) is 2.48. The van der Waals surface area contributed by atoms with Gasteiger partial charge in [-0.3, -0.25) is 4.99 Å². The molecule has 6 nitrogen and oxygen atoms in total. The monoisotopic (exact) mass is 404 g/mol. The Hall–Kier alpha value is -3.28. The Morgan fingerprint density at radius 1 is 1.07 bits per heavy atom. The first-order valence-electron chi connectivity index (χ1n) is 10.4. The van der Waals surface area contributed by atoms with Gasteiger partial charge in [-0.05, 0) is 42.7 Å². The molecule has 1 aliphatic rings. The molecule has 0 saturated carbocycles. The zero-order chi connectivity index (χ0) is 20.8. The van der Waals surface area contributed by atoms with Crippen LogP contribution in [0.5, 0.6) is 5.75 Å². The lowest BCUT2D eigenvalue weighted by atomic mass is 10.1. The van der Waals surface area contributed by atoms with Crippen molar-refractivity contribution in [3.8, 4) is 17.2 Å². The Labute approximate surface area is 177 Å². The summed E-state index contributed by atoms with van der Waals surface area (Å²) in [4.78, 5) is 8.89. The lowest BCUT2D eigenvalue weighted by Gasteiger charge is -2.11. The van der Waals surface area contributed by atoms with Gasteiger partial charge in [0.25, 0.3) is 0 Å². The molecule has 0 radical (unpaired) electrons. The fraction of sp³-hybridized carbons (Fsp3) is 0.333. The maximum absolute atomic E-state index is 5.63. The standard InChI is InChI=1S/C24H28N4O2/c1-17-3-6-19(7-4-17)23-28-21(16-30-23)10-13-27-24(25-2)26-12-9-18-5-8-22-20(15-18)11-14-29-22/h3-8,15-16H,9-14H2,1-2H3,(H2,25,26,27). The number of ether oxygens (including phenoxy) is 1. The van der Waals surface area contributed by atoms with Crippen molar-refractivity contribution in [1.82, 2.24) is 15.6 Å². The number of hydrogen-bond acceptors (Lipinski definition) is 4. The van der Waals surface area contributed by atoms with Gasteiger partial charge in [0.05, 0.1) is 12.3 Å². The third-order valence-electron chi connectivity index (χ3n) is 5.21. The van der Waals surface area contributed by atoms with Crippen molar-refractivity contribution in [2.75, 3.05) is 26.7 Å². The highest BCUT2D eigenvalue weighted by molar-refractivity contribution is 5.79. The number of hydrogen-bond donors (Lipinski definition) is 2. The molecule has 6 heteroatoms. The van der Waals surface area contributed by atoms with Crippen LogP contribution in [-0.4, -0.2) is 37.7 Å². The topological polar surface area (TPSA) is 71.7 Å². The lowest BCUT2D eigenvalue weighted by molar-refractivity contribution is 0.357. The molecule has 1 aromatic heterocycles. The summed E-state index contributed by atoms with van der Waals surface area (Å²) in [6, 6.07) is 14.6. The highest BCUT2D eigenvalue weighted by Crippen LogP contribution is 2.25. The summed E-state index contributed by atoms with van der Waals surface area (Å²) in [6.07, 6.45) is 4.44. The van der Waals surface area contributed by atoms with Crippen molar-refractivity contribution in [3.63, 3.8) is 0 Å². The summed E-state index contributed by atoms with van der Waals surface area (Å²) < 4.78 is 11.2. The van der Waals surface area contributed by atoms with Crippen LogP contribution in [0.4, 0.5) is 0 Å². The van der Waals surface area contributed by atoms with E-state index in [1.807, 2.05) is 12.1 Å². The Balaban J connectivity index is 1.21. The molecule has 30 heavy (non-hydrogen) atoms. The van der Waals surface area contributed by atoms with Crippen LogP contribution in [0.1, 0.15) is 22.4 Å². The highest BCUT2D eigenvalue weighted by Gasteiger charge is 2.12. The Kier molecular flexibility index (Phi) is 6.32. The van der Waals surface area contributed by atoms with E-state index in [2.05, 4.69) is 57.9 Å². The number of nitrogens with one attached hydrogen (secondary N) is 2. The van der Waals surface area contributed by atoms with Crippen LogP contribution in [0.25, 0.3) is 11.5 Å². The first-order valence-corrected chi connectivity index (χ1v) is 10.4. The van der Waals surface area contributed by atoms with Gasteiger partial charge < -0.3 is 19.8 Å². The minimum atomic E-state index is 0.659. The Morgan fingerprint density at radius 2 is 1.87 bits per heavy atom. The molecule has 0 aliphatic carbocycles. The number of oxazole rings is 1. The second-order valence-corrected chi connectivity index (χ2v) is 7.48. The number of aryl methyl sites for hydroxylation is 1. The van der Waals surface area contributed by atoms with Crippen molar-refractivity contribution in [3.05, 3.63) is 71.1 Å². The van der Waals surface area contributed by atoms with E-state index in [-0.39, 0.29) is 0 Å². The van der Waals surface area contributed by atoms with Gasteiger partial charge in [-0.2, -0.15) is 0 Å². The van der Waals surface area contributed by atoms with Crippen LogP contribution in [-0.2, 0) is 19.3 Å². The molecule has 0 atom stereocenters. The average molecular weight is 405 g/mol. The molecule has 2 heterocycles. The Bertz CT molecular complexity index is 1010. The molecular weight excluding hydrogens is 376 g/mol. The summed E-state index contributed by atoms with van der Waals surface area (Å²) in [5, 5.41) is 6.71. The van der Waals surface area contributed by atoms with Gasteiger partial charge >= 0.3 is 0 Å². The van der Waals surface area contributed by atoms with Gasteiger partial charge in [-0.1, -0.05) is 29.8 Å². The van der Waals surface area contributed by atoms with Crippen molar-refractivity contribution in [2.24, 2.45) is 4.99 Å². The van der Waals surface area contributed by atoms with E-state index in [0.29, 0.717) is 5.89 Å². The number of nitrogens with zero attached hydrogens (tertiary/aromatic N) is 2. The molecule has 0 amide bonds. The molecular formula is C24H28N4O2. The van der Waals surface area contributed by atoms with Crippen LogP contribution in [0.2, 0.25) is 0 Å². The summed E-state index contributed by atoms with van der Waals surface area (Å²) in [7, 11) is 1.79.